The lowest BCUT2D eigenvalue weighted by atomic mass is 9.79. The summed E-state index contributed by atoms with van der Waals surface area (Å²) >= 11 is 7.22. The summed E-state index contributed by atoms with van der Waals surface area (Å²) < 4.78 is 32.7. The summed E-state index contributed by atoms with van der Waals surface area (Å²) in [6.07, 6.45) is 0. The van der Waals surface area contributed by atoms with E-state index in [4.69, 9.17) is 18.6 Å². The highest BCUT2D eigenvalue weighted by molar-refractivity contribution is 9.10. The fourth-order valence-corrected chi connectivity index (χ4v) is 16.5. The van der Waals surface area contributed by atoms with Crippen molar-refractivity contribution in [2.45, 2.75) is 116 Å². The summed E-state index contributed by atoms with van der Waals surface area (Å²) in [6, 6.07) is 97.0. The smallest absolute Gasteiger partial charge is 0.399 e. The molecule has 2 saturated heterocycles. The predicted molar refractivity (Wildman–Crippen MR) is 433 cm³/mol. The van der Waals surface area contributed by atoms with Gasteiger partial charge in [-0.3, -0.25) is 0 Å². The van der Waals surface area contributed by atoms with Crippen LogP contribution in [0.2, 0.25) is 0 Å². The lowest BCUT2D eigenvalue weighted by Gasteiger charge is -2.32. The van der Waals surface area contributed by atoms with E-state index < -0.39 is 36.6 Å². The molecule has 0 saturated carbocycles. The molecule has 0 N–H and O–H groups in total. The molecule has 12 aromatic carbocycles. The quantitative estimate of drug-likeness (QED) is 0.127. The van der Waals surface area contributed by atoms with Gasteiger partial charge < -0.3 is 37.6 Å². The van der Waals surface area contributed by atoms with Crippen molar-refractivity contribution in [2.75, 3.05) is 9.80 Å². The molecule has 4 heterocycles. The second kappa shape index (κ2) is 24.2. The molecule has 14 aromatic rings. The van der Waals surface area contributed by atoms with Crippen molar-refractivity contribution in [3.8, 4) is 33.6 Å². The van der Waals surface area contributed by atoms with E-state index in [0.29, 0.717) is 0 Å². The first kappa shape index (κ1) is 66.0. The largest absolute Gasteiger partial charge is 0.494 e. The normalized spacial score (nSPS) is 16.8. The number of nitrogens with zero attached hydrogens (tertiary/aromatic N) is 4. The lowest BCUT2D eigenvalue weighted by Crippen LogP contribution is -2.41. The average Bonchev–Trinajstić information content (AvgIpc) is 1.55. The molecule has 4 aliphatic rings. The third-order valence-corrected chi connectivity index (χ3v) is 24.0. The molecule has 0 bridgehead atoms. The van der Waals surface area contributed by atoms with Crippen molar-refractivity contribution >= 4 is 135 Å². The number of fused-ring (bicyclic) bond motifs is 12. The van der Waals surface area contributed by atoms with Crippen LogP contribution in [0.1, 0.15) is 105 Å². The fourth-order valence-electron chi connectivity index (χ4n) is 16.0. The first-order valence-electron chi connectivity index (χ1n) is 35.4. The van der Waals surface area contributed by atoms with Crippen LogP contribution in [0.15, 0.2) is 276 Å². The maximum Gasteiger partial charge on any atom is 0.494 e. The molecule has 0 spiro atoms. The topological polar surface area (TPSA) is 53.3 Å². The first-order chi connectivity index (χ1) is 48.9. The van der Waals surface area contributed by atoms with Crippen molar-refractivity contribution in [3.05, 3.63) is 298 Å². The number of halogens is 2. The summed E-state index contributed by atoms with van der Waals surface area (Å²) in [5.41, 5.74) is 24.3. The Labute approximate surface area is 616 Å². The van der Waals surface area contributed by atoms with Crippen molar-refractivity contribution < 1.29 is 18.6 Å². The van der Waals surface area contributed by atoms with Gasteiger partial charge in [0, 0.05) is 86.8 Å². The summed E-state index contributed by atoms with van der Waals surface area (Å²) in [4.78, 5) is 4.68. The monoisotopic (exact) mass is 1460 g/mol. The Bertz CT molecular complexity index is 5470. The van der Waals surface area contributed by atoms with E-state index >= 15 is 0 Å². The summed E-state index contributed by atoms with van der Waals surface area (Å²) in [5.74, 6) is 0. The van der Waals surface area contributed by atoms with E-state index in [1.807, 2.05) is 0 Å². The molecule has 2 fully saturated rings. The minimum Gasteiger partial charge on any atom is -0.399 e. The molecule has 0 atom stereocenters. The van der Waals surface area contributed by atoms with Crippen LogP contribution in [-0.4, -0.2) is 45.8 Å². The Balaban J connectivity index is 0.000000159. The number of hydrogen-bond acceptors (Lipinski definition) is 6. The molecule has 0 unspecified atom stereocenters. The van der Waals surface area contributed by atoms with Gasteiger partial charge in [0.05, 0.1) is 44.5 Å². The molecule has 2 aromatic heterocycles. The number of aromatic nitrogens is 2. The molecule has 102 heavy (non-hydrogen) atoms. The number of rotatable bonds is 10. The highest BCUT2D eigenvalue weighted by Crippen LogP contribution is 2.55. The Morgan fingerprint density at radius 3 is 0.912 bits per heavy atom. The van der Waals surface area contributed by atoms with Crippen LogP contribution in [0.5, 0.6) is 0 Å². The van der Waals surface area contributed by atoms with E-state index in [1.165, 1.54) is 99.5 Å². The van der Waals surface area contributed by atoms with E-state index in [1.54, 1.807) is 0 Å². The zero-order chi connectivity index (χ0) is 70.6. The molecule has 12 heteroatoms. The molecular formula is C90H80B2Br2N4O4. The van der Waals surface area contributed by atoms with E-state index in [9.17, 15) is 0 Å². The zero-order valence-electron chi connectivity index (χ0n) is 59.7. The fraction of sp³-hybridized carbons (Fsp3) is 0.200. The minimum atomic E-state index is -0.438. The van der Waals surface area contributed by atoms with Gasteiger partial charge in [-0.05, 0) is 269 Å². The van der Waals surface area contributed by atoms with Crippen LogP contribution in [0.25, 0.3) is 77.2 Å². The standard InChI is InChI=1S/C51H52B2N2O4.C39H28Br2N2/c1-47(2)43-30-38(28-29-39(43)41-31-42-40-18-14-15-19-45(40)55(46(42)32-44(41)47)35-16-12-11-13-17-35)54(36-24-20-33(21-25-36)52-56-48(3,4)49(5,6)57-52)37-26-22-34(23-27-37)53-58-50(7,8)51(9,10)59-53;1-39(2)35-22-30(42(28-16-12-25(40)13-17-28)29-18-14-26(41)15-19-29)20-21-31(35)33-23-34-32-10-6-7-11-37(32)43(38(34)24-36(33)39)27-8-4-3-5-9-27/h11-32H,1-10H3;3-24H,1-2H3. The Morgan fingerprint density at radius 2 is 0.569 bits per heavy atom. The number of hydrogen-bond donors (Lipinski definition) is 0. The van der Waals surface area contributed by atoms with Gasteiger partial charge in [0.25, 0.3) is 0 Å². The Morgan fingerprint density at radius 1 is 0.275 bits per heavy atom. The van der Waals surface area contributed by atoms with Crippen molar-refractivity contribution in [1.82, 2.24) is 9.13 Å². The van der Waals surface area contributed by atoms with Crippen LogP contribution in [0.4, 0.5) is 34.1 Å². The third-order valence-electron chi connectivity index (χ3n) is 23.0. The van der Waals surface area contributed by atoms with Gasteiger partial charge in [-0.2, -0.15) is 0 Å². The van der Waals surface area contributed by atoms with Gasteiger partial charge in [0.2, 0.25) is 0 Å². The third kappa shape index (κ3) is 10.8. The van der Waals surface area contributed by atoms with Gasteiger partial charge >= 0.3 is 14.2 Å². The molecule has 18 rings (SSSR count). The number of para-hydroxylation sites is 4. The van der Waals surface area contributed by atoms with Gasteiger partial charge in [-0.15, -0.1) is 0 Å². The minimum absolute atomic E-state index is 0.169. The average molecular weight is 1460 g/mol. The van der Waals surface area contributed by atoms with Crippen molar-refractivity contribution in [2.24, 2.45) is 0 Å². The summed E-state index contributed by atoms with van der Waals surface area (Å²) in [7, 11) is -0.875. The van der Waals surface area contributed by atoms with Crippen molar-refractivity contribution in [1.29, 1.82) is 0 Å². The van der Waals surface area contributed by atoms with Gasteiger partial charge in [0.15, 0.2) is 0 Å². The van der Waals surface area contributed by atoms with E-state index in [2.05, 4.69) is 401 Å². The van der Waals surface area contributed by atoms with Gasteiger partial charge in [0.1, 0.15) is 0 Å². The lowest BCUT2D eigenvalue weighted by molar-refractivity contribution is 0.00578. The second-order valence-electron chi connectivity index (χ2n) is 30.9. The van der Waals surface area contributed by atoms with Crippen molar-refractivity contribution in [3.63, 3.8) is 0 Å². The molecule has 0 amide bonds. The molecule has 504 valence electrons. The first-order valence-corrected chi connectivity index (χ1v) is 37.0. The number of anilines is 6. The second-order valence-corrected chi connectivity index (χ2v) is 32.7. The Kier molecular flexibility index (Phi) is 15.7. The van der Waals surface area contributed by atoms with Crippen LogP contribution < -0.4 is 20.7 Å². The van der Waals surface area contributed by atoms with Crippen LogP contribution in [0, 0.1) is 0 Å². The zero-order valence-corrected chi connectivity index (χ0v) is 62.9. The molecule has 0 radical (unpaired) electrons. The van der Waals surface area contributed by atoms with E-state index in [-0.39, 0.29) is 10.8 Å². The SMILES string of the molecule is CC1(C)c2cc(N(c3ccc(B4OC(C)(C)C(C)(C)O4)cc3)c3ccc(B4OC(C)(C)C(C)(C)O4)cc3)ccc2-c2cc3c4ccccc4n(-c4ccccc4)c3cc21.CC1(C)c2cc(N(c3ccc(Br)cc3)c3ccc(Br)cc3)ccc2-c2cc3c4ccccc4n(-c4ccccc4)c3cc21. The van der Waals surface area contributed by atoms with E-state index in [0.717, 1.165) is 54.0 Å². The molecular weight excluding hydrogens is 1380 g/mol. The molecule has 2 aliphatic carbocycles. The van der Waals surface area contributed by atoms with Gasteiger partial charge in [-0.25, -0.2) is 0 Å². The maximum absolute atomic E-state index is 6.43. The van der Waals surface area contributed by atoms with Crippen LogP contribution >= 0.6 is 31.9 Å². The summed E-state index contributed by atoms with van der Waals surface area (Å²) in [5, 5.41) is 5.10. The van der Waals surface area contributed by atoms with Gasteiger partial charge in [-0.1, -0.05) is 169 Å². The van der Waals surface area contributed by atoms with Crippen LogP contribution in [-0.2, 0) is 29.4 Å². The predicted octanol–water partition coefficient (Wildman–Crippen LogP) is 23.2. The summed E-state index contributed by atoms with van der Waals surface area (Å²) in [6.45, 7) is 26.2. The highest BCUT2D eigenvalue weighted by Gasteiger charge is 2.53. The highest BCUT2D eigenvalue weighted by atomic mass is 79.9. The van der Waals surface area contributed by atoms with Crippen LogP contribution in [0.3, 0.4) is 0 Å². The number of benzene rings is 12. The molecule has 2 aliphatic heterocycles. The Hall–Kier alpha value is -9.23. The maximum atomic E-state index is 6.43. The molecule has 8 nitrogen and oxygen atoms in total.